The Morgan fingerprint density at radius 3 is 1.83 bits per heavy atom. The summed E-state index contributed by atoms with van der Waals surface area (Å²) in [4.78, 5) is 27.3. The molecule has 3 aromatic carbocycles. The number of hydrogen-bond acceptors (Lipinski definition) is 4. The van der Waals surface area contributed by atoms with E-state index in [9.17, 15) is 18.0 Å². The molecule has 0 unspecified atom stereocenters. The molecular weight excluding hydrogens is 458 g/mol. The number of rotatable bonds is 8. The summed E-state index contributed by atoms with van der Waals surface area (Å²) in [6.45, 7) is 7.59. The van der Waals surface area contributed by atoms with Crippen LogP contribution in [0.25, 0.3) is 0 Å². The van der Waals surface area contributed by atoms with E-state index in [1.54, 1.807) is 19.9 Å². The second-order valence-corrected chi connectivity index (χ2v) is 12.3. The van der Waals surface area contributed by atoms with Crippen LogP contribution in [0.5, 0.6) is 0 Å². The first-order chi connectivity index (χ1) is 16.6. The van der Waals surface area contributed by atoms with E-state index in [4.69, 9.17) is 0 Å². The Balaban J connectivity index is 1.45. The van der Waals surface area contributed by atoms with Crippen LogP contribution in [0.1, 0.15) is 76.6 Å². The minimum absolute atomic E-state index is 0.0443. The Morgan fingerprint density at radius 2 is 1.23 bits per heavy atom. The fourth-order valence-electron chi connectivity index (χ4n) is 4.18. The van der Waals surface area contributed by atoms with Gasteiger partial charge in [-0.3, -0.25) is 9.59 Å². The van der Waals surface area contributed by atoms with E-state index in [1.807, 2.05) is 60.7 Å². The number of anilines is 1. The van der Waals surface area contributed by atoms with Crippen molar-refractivity contribution in [3.05, 3.63) is 100 Å². The Labute approximate surface area is 207 Å². The highest BCUT2D eigenvalue weighted by atomic mass is 32.2. The molecule has 0 spiro atoms. The lowest BCUT2D eigenvalue weighted by atomic mass is 10.00. The summed E-state index contributed by atoms with van der Waals surface area (Å²) in [7, 11) is -3.13. The molecule has 0 saturated heterocycles. The molecule has 182 valence electrons. The summed E-state index contributed by atoms with van der Waals surface area (Å²) in [6.07, 6.45) is 1.46. The lowest BCUT2D eigenvalue weighted by Crippen LogP contribution is -2.29. The quantitative estimate of drug-likeness (QED) is 0.380. The van der Waals surface area contributed by atoms with Crippen LogP contribution in [0.15, 0.2) is 66.7 Å². The summed E-state index contributed by atoms with van der Waals surface area (Å²) in [5.74, 6) is -0.165. The Morgan fingerprint density at radius 1 is 0.686 bits per heavy atom. The van der Waals surface area contributed by atoms with E-state index in [2.05, 4.69) is 13.8 Å². The van der Waals surface area contributed by atoms with Crippen LogP contribution in [0, 0.1) is 0 Å². The second kappa shape index (κ2) is 9.78. The fraction of sp³-hybridized carbons (Fsp3) is 0.310. The van der Waals surface area contributed by atoms with Gasteiger partial charge in [0.2, 0.25) is 0 Å². The highest BCUT2D eigenvalue weighted by molar-refractivity contribution is 7.91. The zero-order valence-electron chi connectivity index (χ0n) is 20.6. The van der Waals surface area contributed by atoms with Crippen molar-refractivity contribution in [1.29, 1.82) is 0 Å². The van der Waals surface area contributed by atoms with Gasteiger partial charge in [-0.2, -0.15) is 0 Å². The molecule has 0 aliphatic carbocycles. The van der Waals surface area contributed by atoms with Crippen molar-refractivity contribution >= 4 is 27.3 Å². The Bertz CT molecular complexity index is 1350. The molecule has 6 heteroatoms. The number of imide groups is 1. The van der Waals surface area contributed by atoms with Crippen LogP contribution in [0.4, 0.5) is 5.69 Å². The SMILES string of the molecule is CC(C)c1ccc(N2C(=O)c3ccc(CCc4ccc(CS(=O)(=O)C(C)C)cc4)cc3C2=O)cc1. The van der Waals surface area contributed by atoms with Crippen molar-refractivity contribution in [2.45, 2.75) is 57.5 Å². The number of amides is 2. The lowest BCUT2D eigenvalue weighted by molar-refractivity contribution is 0.0926. The molecule has 1 aliphatic rings. The number of sulfone groups is 1. The van der Waals surface area contributed by atoms with Gasteiger partial charge in [-0.05, 0) is 79.1 Å². The van der Waals surface area contributed by atoms with Crippen molar-refractivity contribution in [2.75, 3.05) is 4.90 Å². The first-order valence-electron chi connectivity index (χ1n) is 12.0. The molecule has 4 rings (SSSR count). The number of hydrogen-bond donors (Lipinski definition) is 0. The number of aryl methyl sites for hydroxylation is 2. The van der Waals surface area contributed by atoms with Crippen molar-refractivity contribution in [2.24, 2.45) is 0 Å². The molecule has 0 N–H and O–H groups in total. The fourth-order valence-corrected chi connectivity index (χ4v) is 5.17. The van der Waals surface area contributed by atoms with Gasteiger partial charge in [-0.1, -0.05) is 56.3 Å². The van der Waals surface area contributed by atoms with Gasteiger partial charge >= 0.3 is 0 Å². The van der Waals surface area contributed by atoms with Crippen LogP contribution in [0.3, 0.4) is 0 Å². The highest BCUT2D eigenvalue weighted by Crippen LogP contribution is 2.30. The molecule has 0 saturated carbocycles. The molecule has 0 bridgehead atoms. The molecule has 0 radical (unpaired) electrons. The Hall–Kier alpha value is -3.25. The topological polar surface area (TPSA) is 71.5 Å². The number of nitrogens with zero attached hydrogens (tertiary/aromatic N) is 1. The van der Waals surface area contributed by atoms with Gasteiger partial charge in [0.1, 0.15) is 0 Å². The van der Waals surface area contributed by atoms with Gasteiger partial charge in [0.05, 0.1) is 27.8 Å². The van der Waals surface area contributed by atoms with Crippen LogP contribution >= 0.6 is 0 Å². The van der Waals surface area contributed by atoms with Crippen molar-refractivity contribution in [3.8, 4) is 0 Å². The highest BCUT2D eigenvalue weighted by Gasteiger charge is 2.36. The van der Waals surface area contributed by atoms with Gasteiger partial charge in [0.15, 0.2) is 9.84 Å². The average Bonchev–Trinajstić information content (AvgIpc) is 3.07. The molecule has 3 aromatic rings. The summed E-state index contributed by atoms with van der Waals surface area (Å²) in [5.41, 5.74) is 5.46. The van der Waals surface area contributed by atoms with E-state index in [-0.39, 0.29) is 17.6 Å². The van der Waals surface area contributed by atoms with Crippen LogP contribution in [-0.4, -0.2) is 25.5 Å². The molecule has 2 amide bonds. The molecule has 1 aliphatic heterocycles. The monoisotopic (exact) mass is 489 g/mol. The van der Waals surface area contributed by atoms with Gasteiger partial charge in [0.25, 0.3) is 11.8 Å². The summed E-state index contributed by atoms with van der Waals surface area (Å²) >= 11 is 0. The largest absolute Gasteiger partial charge is 0.268 e. The number of fused-ring (bicyclic) bond motifs is 1. The zero-order valence-corrected chi connectivity index (χ0v) is 21.4. The molecule has 0 fully saturated rings. The van der Waals surface area contributed by atoms with E-state index in [0.29, 0.717) is 29.2 Å². The molecule has 5 nitrogen and oxygen atoms in total. The van der Waals surface area contributed by atoms with E-state index in [1.165, 1.54) is 4.90 Å². The first kappa shape index (κ1) is 24.9. The van der Waals surface area contributed by atoms with Crippen LogP contribution in [-0.2, 0) is 28.4 Å². The van der Waals surface area contributed by atoms with Crippen LogP contribution < -0.4 is 4.90 Å². The first-order valence-corrected chi connectivity index (χ1v) is 13.7. The van der Waals surface area contributed by atoms with E-state index >= 15 is 0 Å². The zero-order chi connectivity index (χ0) is 25.3. The molecule has 0 atom stereocenters. The maximum Gasteiger partial charge on any atom is 0.266 e. The molecule has 35 heavy (non-hydrogen) atoms. The molecule has 0 aromatic heterocycles. The third-order valence-corrected chi connectivity index (χ3v) is 8.75. The Kier molecular flexibility index (Phi) is 6.95. The van der Waals surface area contributed by atoms with Crippen molar-refractivity contribution in [1.82, 2.24) is 0 Å². The third-order valence-electron chi connectivity index (χ3n) is 6.58. The smallest absolute Gasteiger partial charge is 0.266 e. The maximum absolute atomic E-state index is 13.1. The van der Waals surface area contributed by atoms with Gasteiger partial charge in [-0.25, -0.2) is 13.3 Å². The summed E-state index contributed by atoms with van der Waals surface area (Å²) in [5, 5.41) is -0.396. The minimum Gasteiger partial charge on any atom is -0.268 e. The molecular formula is C29H31NO4S. The van der Waals surface area contributed by atoms with Crippen molar-refractivity contribution in [3.63, 3.8) is 0 Å². The summed E-state index contributed by atoms with van der Waals surface area (Å²) in [6, 6.07) is 20.7. The third kappa shape index (κ3) is 5.22. The summed E-state index contributed by atoms with van der Waals surface area (Å²) < 4.78 is 24.3. The lowest BCUT2D eigenvalue weighted by Gasteiger charge is -2.15. The van der Waals surface area contributed by atoms with Gasteiger partial charge < -0.3 is 0 Å². The van der Waals surface area contributed by atoms with Crippen molar-refractivity contribution < 1.29 is 18.0 Å². The minimum atomic E-state index is -3.13. The normalized spacial score (nSPS) is 13.7. The molecule has 1 heterocycles. The van der Waals surface area contributed by atoms with E-state index < -0.39 is 15.1 Å². The van der Waals surface area contributed by atoms with E-state index in [0.717, 1.165) is 28.7 Å². The second-order valence-electron chi connectivity index (χ2n) is 9.74. The number of benzene rings is 3. The number of carbonyl (C=O) groups excluding carboxylic acids is 2. The standard InChI is InChI=1S/C29H31NO4S/c1-19(2)24-12-14-25(15-13-24)30-28(31)26-16-11-22(17-27(26)29(30)32)8-5-21-6-9-23(10-7-21)18-35(33,34)20(3)4/h6-7,9-17,19-20H,5,8,18H2,1-4H3. The number of carbonyl (C=O) groups is 2. The predicted octanol–water partition coefficient (Wildman–Crippen LogP) is 5.72. The average molecular weight is 490 g/mol. The van der Waals surface area contributed by atoms with Gasteiger partial charge in [0, 0.05) is 0 Å². The van der Waals surface area contributed by atoms with Crippen LogP contribution in [0.2, 0.25) is 0 Å². The van der Waals surface area contributed by atoms with Gasteiger partial charge in [-0.15, -0.1) is 0 Å². The predicted molar refractivity (Wildman–Crippen MR) is 140 cm³/mol. The maximum atomic E-state index is 13.1.